The van der Waals surface area contributed by atoms with Gasteiger partial charge in [0.2, 0.25) is 0 Å². The average Bonchev–Trinajstić information content (AvgIpc) is 2.65. The number of aliphatic hydroxyl groups is 1. The number of hydrogen-bond acceptors (Lipinski definition) is 2. The van der Waals surface area contributed by atoms with Gasteiger partial charge in [0.05, 0.1) is 0 Å². The molecule has 0 spiro atoms. The van der Waals surface area contributed by atoms with Gasteiger partial charge in [-0.15, -0.1) is 11.3 Å². The van der Waals surface area contributed by atoms with Crippen LogP contribution in [0.2, 0.25) is 0 Å². The summed E-state index contributed by atoms with van der Waals surface area (Å²) in [6.07, 6.45) is -0.649. The van der Waals surface area contributed by atoms with Gasteiger partial charge in [0, 0.05) is 9.75 Å². The molecule has 2 rings (SSSR count). The van der Waals surface area contributed by atoms with Crippen molar-refractivity contribution in [3.05, 3.63) is 57.5 Å². The van der Waals surface area contributed by atoms with Crippen LogP contribution in [0.1, 0.15) is 21.4 Å². The maximum absolute atomic E-state index is 12.7. The summed E-state index contributed by atoms with van der Waals surface area (Å²) in [5, 5.41) is 9.98. The molecule has 15 heavy (non-hydrogen) atoms. The van der Waals surface area contributed by atoms with E-state index in [0.29, 0.717) is 0 Å². The van der Waals surface area contributed by atoms with Crippen molar-refractivity contribution >= 4 is 11.3 Å². The lowest BCUT2D eigenvalue weighted by Crippen LogP contribution is -1.96. The molecule has 78 valence electrons. The van der Waals surface area contributed by atoms with Crippen LogP contribution in [0.5, 0.6) is 0 Å². The van der Waals surface area contributed by atoms with Crippen LogP contribution in [0.25, 0.3) is 0 Å². The van der Waals surface area contributed by atoms with Gasteiger partial charge < -0.3 is 5.11 Å². The molecule has 1 unspecified atom stereocenters. The zero-order valence-electron chi connectivity index (χ0n) is 8.27. The monoisotopic (exact) mass is 222 g/mol. The standard InChI is InChI=1S/C12H11FOS/c1-8-2-7-11(15-8)12(14)9-3-5-10(13)6-4-9/h2-7,12,14H,1H3. The number of benzene rings is 1. The molecule has 1 atom stereocenters. The van der Waals surface area contributed by atoms with E-state index in [1.165, 1.54) is 12.1 Å². The van der Waals surface area contributed by atoms with Crippen molar-refractivity contribution in [2.24, 2.45) is 0 Å². The predicted molar refractivity (Wildman–Crippen MR) is 59.5 cm³/mol. The Hall–Kier alpha value is -1.19. The third-order valence-electron chi connectivity index (χ3n) is 2.22. The van der Waals surface area contributed by atoms with Crippen molar-refractivity contribution in [3.8, 4) is 0 Å². The molecule has 1 nitrogen and oxygen atoms in total. The van der Waals surface area contributed by atoms with E-state index in [2.05, 4.69) is 0 Å². The van der Waals surface area contributed by atoms with E-state index < -0.39 is 6.10 Å². The van der Waals surface area contributed by atoms with E-state index in [0.717, 1.165) is 15.3 Å². The Morgan fingerprint density at radius 2 is 1.80 bits per heavy atom. The summed E-state index contributed by atoms with van der Waals surface area (Å²) in [4.78, 5) is 2.05. The van der Waals surface area contributed by atoms with Crippen molar-refractivity contribution in [2.75, 3.05) is 0 Å². The predicted octanol–water partition coefficient (Wildman–Crippen LogP) is 3.28. The lowest BCUT2D eigenvalue weighted by atomic mass is 10.1. The molecule has 0 saturated heterocycles. The van der Waals surface area contributed by atoms with Crippen LogP contribution < -0.4 is 0 Å². The van der Waals surface area contributed by atoms with Gasteiger partial charge in [0.25, 0.3) is 0 Å². The maximum Gasteiger partial charge on any atom is 0.123 e. The Morgan fingerprint density at radius 1 is 1.13 bits per heavy atom. The fourth-order valence-electron chi connectivity index (χ4n) is 1.41. The van der Waals surface area contributed by atoms with E-state index in [4.69, 9.17) is 0 Å². The number of thiophene rings is 1. The molecule has 2 aromatic rings. The van der Waals surface area contributed by atoms with E-state index in [1.807, 2.05) is 19.1 Å². The molecule has 0 bridgehead atoms. The van der Waals surface area contributed by atoms with Gasteiger partial charge in [-0.3, -0.25) is 0 Å². The fraction of sp³-hybridized carbons (Fsp3) is 0.167. The van der Waals surface area contributed by atoms with Gasteiger partial charge >= 0.3 is 0 Å². The third-order valence-corrected chi connectivity index (χ3v) is 3.27. The highest BCUT2D eigenvalue weighted by Gasteiger charge is 2.11. The second-order valence-electron chi connectivity index (χ2n) is 3.40. The number of halogens is 1. The first kappa shape index (κ1) is 10.3. The lowest BCUT2D eigenvalue weighted by Gasteiger charge is -2.08. The summed E-state index contributed by atoms with van der Waals surface area (Å²) in [6.45, 7) is 1.99. The highest BCUT2D eigenvalue weighted by Crippen LogP contribution is 2.27. The molecule has 1 aromatic carbocycles. The van der Waals surface area contributed by atoms with Crippen LogP contribution in [0.4, 0.5) is 4.39 Å². The summed E-state index contributed by atoms with van der Waals surface area (Å²) in [5.41, 5.74) is 0.721. The largest absolute Gasteiger partial charge is 0.383 e. The second kappa shape index (κ2) is 4.13. The van der Waals surface area contributed by atoms with Gasteiger partial charge in [-0.1, -0.05) is 12.1 Å². The molecule has 0 saturated carbocycles. The highest BCUT2D eigenvalue weighted by molar-refractivity contribution is 7.12. The molecule has 0 amide bonds. The summed E-state index contributed by atoms with van der Waals surface area (Å²) >= 11 is 1.55. The van der Waals surface area contributed by atoms with Crippen molar-refractivity contribution < 1.29 is 9.50 Å². The zero-order valence-corrected chi connectivity index (χ0v) is 9.09. The molecular weight excluding hydrogens is 211 g/mol. The number of aryl methyl sites for hydroxylation is 1. The Labute approximate surface area is 91.8 Å². The van der Waals surface area contributed by atoms with Gasteiger partial charge in [0.1, 0.15) is 11.9 Å². The molecule has 1 N–H and O–H groups in total. The molecule has 0 aliphatic rings. The molecule has 1 aromatic heterocycles. The van der Waals surface area contributed by atoms with Gasteiger partial charge in [0.15, 0.2) is 0 Å². The SMILES string of the molecule is Cc1ccc(C(O)c2ccc(F)cc2)s1. The number of rotatable bonds is 2. The molecule has 3 heteroatoms. The van der Waals surface area contributed by atoms with Crippen molar-refractivity contribution in [1.29, 1.82) is 0 Å². The fourth-order valence-corrected chi connectivity index (χ4v) is 2.30. The summed E-state index contributed by atoms with van der Waals surface area (Å²) < 4.78 is 12.7. The molecule has 0 radical (unpaired) electrons. The summed E-state index contributed by atoms with van der Waals surface area (Å²) in [5.74, 6) is -0.284. The van der Waals surface area contributed by atoms with Crippen molar-refractivity contribution in [3.63, 3.8) is 0 Å². The summed E-state index contributed by atoms with van der Waals surface area (Å²) in [6, 6.07) is 9.79. The first-order valence-corrected chi connectivity index (χ1v) is 5.48. The Morgan fingerprint density at radius 3 is 2.33 bits per heavy atom. The summed E-state index contributed by atoms with van der Waals surface area (Å²) in [7, 11) is 0. The van der Waals surface area contributed by atoms with Crippen LogP contribution in [-0.2, 0) is 0 Å². The first-order valence-electron chi connectivity index (χ1n) is 4.66. The van der Waals surface area contributed by atoms with E-state index in [1.54, 1.807) is 23.5 Å². The van der Waals surface area contributed by atoms with Gasteiger partial charge in [-0.2, -0.15) is 0 Å². The van der Waals surface area contributed by atoms with Crippen molar-refractivity contribution in [2.45, 2.75) is 13.0 Å². The lowest BCUT2D eigenvalue weighted by molar-refractivity contribution is 0.224. The highest BCUT2D eigenvalue weighted by atomic mass is 32.1. The quantitative estimate of drug-likeness (QED) is 0.826. The van der Waals surface area contributed by atoms with E-state index in [9.17, 15) is 9.50 Å². The minimum absolute atomic E-state index is 0.284. The van der Waals surface area contributed by atoms with Crippen LogP contribution in [0, 0.1) is 12.7 Å². The van der Waals surface area contributed by atoms with E-state index in [-0.39, 0.29) is 5.82 Å². The van der Waals surface area contributed by atoms with Crippen LogP contribution >= 0.6 is 11.3 Å². The Balaban J connectivity index is 2.28. The molecular formula is C12H11FOS. The number of hydrogen-bond donors (Lipinski definition) is 1. The average molecular weight is 222 g/mol. The van der Waals surface area contributed by atoms with Crippen LogP contribution in [0.15, 0.2) is 36.4 Å². The van der Waals surface area contributed by atoms with Gasteiger partial charge in [-0.05, 0) is 36.8 Å². The van der Waals surface area contributed by atoms with E-state index >= 15 is 0 Å². The maximum atomic E-state index is 12.7. The van der Waals surface area contributed by atoms with Gasteiger partial charge in [-0.25, -0.2) is 4.39 Å². The molecule has 0 aliphatic carbocycles. The van der Waals surface area contributed by atoms with Crippen LogP contribution in [0.3, 0.4) is 0 Å². The Kier molecular flexibility index (Phi) is 2.84. The Bertz CT molecular complexity index is 447. The number of aliphatic hydroxyl groups excluding tert-OH is 1. The zero-order chi connectivity index (χ0) is 10.8. The topological polar surface area (TPSA) is 20.2 Å². The minimum atomic E-state index is -0.649. The normalized spacial score (nSPS) is 12.7. The smallest absolute Gasteiger partial charge is 0.123 e. The molecule has 1 heterocycles. The molecule has 0 fully saturated rings. The van der Waals surface area contributed by atoms with Crippen molar-refractivity contribution in [1.82, 2.24) is 0 Å². The second-order valence-corrected chi connectivity index (χ2v) is 4.72. The van der Waals surface area contributed by atoms with Crippen LogP contribution in [-0.4, -0.2) is 5.11 Å². The first-order chi connectivity index (χ1) is 7.16. The third kappa shape index (κ3) is 2.25. The molecule has 0 aliphatic heterocycles. The minimum Gasteiger partial charge on any atom is -0.383 e.